The predicted molar refractivity (Wildman–Crippen MR) is 126 cm³/mol. The van der Waals surface area contributed by atoms with Crippen LogP contribution in [0.25, 0.3) is 0 Å². The summed E-state index contributed by atoms with van der Waals surface area (Å²) >= 11 is 0. The molecule has 2 saturated heterocycles. The minimum atomic E-state index is -4.30. The van der Waals surface area contributed by atoms with Crippen molar-refractivity contribution in [1.29, 1.82) is 0 Å². The lowest BCUT2D eigenvalue weighted by Crippen LogP contribution is -2.68. The van der Waals surface area contributed by atoms with E-state index in [1.807, 2.05) is 7.05 Å². The molecule has 3 fully saturated rings. The first-order valence-electron chi connectivity index (χ1n) is 10.7. The van der Waals surface area contributed by atoms with Crippen molar-refractivity contribution in [3.8, 4) is 0 Å². The number of aliphatic imine (C=N–C) groups is 1. The molecule has 174 valence electrons. The number of halogens is 4. The molecule has 0 spiro atoms. The summed E-state index contributed by atoms with van der Waals surface area (Å²) in [6.45, 7) is 9.05. The van der Waals surface area contributed by atoms with Gasteiger partial charge in [-0.3, -0.25) is 9.89 Å². The van der Waals surface area contributed by atoms with Gasteiger partial charge in [0.2, 0.25) is 0 Å². The van der Waals surface area contributed by atoms with Crippen molar-refractivity contribution in [1.82, 2.24) is 15.1 Å². The minimum Gasteiger partial charge on any atom is -0.377 e. The van der Waals surface area contributed by atoms with Gasteiger partial charge in [0.05, 0.1) is 11.7 Å². The zero-order chi connectivity index (χ0) is 21.5. The van der Waals surface area contributed by atoms with E-state index in [9.17, 15) is 13.2 Å². The summed E-state index contributed by atoms with van der Waals surface area (Å²) < 4.78 is 44.7. The molecule has 0 amide bonds. The highest BCUT2D eigenvalue weighted by atomic mass is 127. The maximum Gasteiger partial charge on any atom is 0.416 e. The van der Waals surface area contributed by atoms with Crippen LogP contribution in [0.1, 0.15) is 31.4 Å². The van der Waals surface area contributed by atoms with Crippen molar-refractivity contribution in [2.45, 2.75) is 45.1 Å². The molecule has 1 aromatic rings. The molecule has 1 saturated carbocycles. The van der Waals surface area contributed by atoms with E-state index < -0.39 is 11.7 Å². The van der Waals surface area contributed by atoms with Crippen LogP contribution in [0, 0.1) is 11.3 Å². The Bertz CT molecular complexity index is 793. The SMILES string of the molecule is CN=C(NC1C2CCOC2C1(C)C)N1CCN(Cc2cccc(C(F)(F)F)c2)CC1.I. The monoisotopic (exact) mass is 552 g/mol. The topological polar surface area (TPSA) is 40.1 Å². The van der Waals surface area contributed by atoms with E-state index >= 15 is 0 Å². The third kappa shape index (κ3) is 4.98. The Morgan fingerprint density at radius 1 is 1.23 bits per heavy atom. The first-order valence-corrected chi connectivity index (χ1v) is 10.7. The number of hydrogen-bond acceptors (Lipinski definition) is 3. The van der Waals surface area contributed by atoms with Crippen LogP contribution in [0.2, 0.25) is 0 Å². The van der Waals surface area contributed by atoms with E-state index in [4.69, 9.17) is 4.74 Å². The number of nitrogens with zero attached hydrogens (tertiary/aromatic N) is 3. The maximum absolute atomic E-state index is 13.0. The van der Waals surface area contributed by atoms with Crippen LogP contribution in [0.5, 0.6) is 0 Å². The number of nitrogens with one attached hydrogen (secondary N) is 1. The lowest BCUT2D eigenvalue weighted by atomic mass is 9.57. The van der Waals surface area contributed by atoms with Crippen LogP contribution in [0.15, 0.2) is 29.3 Å². The Morgan fingerprint density at radius 2 is 1.94 bits per heavy atom. The highest BCUT2D eigenvalue weighted by Crippen LogP contribution is 2.52. The Hall–Kier alpha value is -1.07. The maximum atomic E-state index is 13.0. The molecule has 3 atom stereocenters. The summed E-state index contributed by atoms with van der Waals surface area (Å²) in [5, 5.41) is 3.68. The quantitative estimate of drug-likeness (QED) is 0.352. The van der Waals surface area contributed by atoms with E-state index in [0.717, 1.165) is 51.2 Å². The van der Waals surface area contributed by atoms with Gasteiger partial charge in [-0.05, 0) is 18.1 Å². The van der Waals surface area contributed by atoms with E-state index in [-0.39, 0.29) is 29.4 Å². The van der Waals surface area contributed by atoms with Gasteiger partial charge < -0.3 is 15.0 Å². The van der Waals surface area contributed by atoms with Crippen molar-refractivity contribution in [2.75, 3.05) is 39.8 Å². The summed E-state index contributed by atoms with van der Waals surface area (Å²) in [5.41, 5.74) is 0.201. The fourth-order valence-electron chi connectivity index (χ4n) is 5.28. The molecule has 1 aliphatic carbocycles. The van der Waals surface area contributed by atoms with E-state index in [0.29, 0.717) is 30.2 Å². The van der Waals surface area contributed by atoms with Gasteiger partial charge in [-0.15, -0.1) is 24.0 Å². The molecule has 31 heavy (non-hydrogen) atoms. The van der Waals surface area contributed by atoms with Crippen LogP contribution >= 0.6 is 24.0 Å². The average molecular weight is 552 g/mol. The molecule has 0 radical (unpaired) electrons. The molecule has 9 heteroatoms. The highest BCUT2D eigenvalue weighted by Gasteiger charge is 2.59. The number of hydrogen-bond donors (Lipinski definition) is 1. The molecule has 1 N–H and O–H groups in total. The number of benzene rings is 1. The van der Waals surface area contributed by atoms with Crippen LogP contribution in [-0.4, -0.2) is 67.7 Å². The molecule has 2 aliphatic heterocycles. The second-order valence-electron chi connectivity index (χ2n) is 9.20. The van der Waals surface area contributed by atoms with Gasteiger partial charge in [0.1, 0.15) is 0 Å². The lowest BCUT2D eigenvalue weighted by Gasteiger charge is -2.55. The van der Waals surface area contributed by atoms with Crippen LogP contribution in [0.4, 0.5) is 13.2 Å². The van der Waals surface area contributed by atoms with Gasteiger partial charge in [0.15, 0.2) is 5.96 Å². The molecular weight excluding hydrogens is 520 g/mol. The van der Waals surface area contributed by atoms with Crippen molar-refractivity contribution < 1.29 is 17.9 Å². The summed E-state index contributed by atoms with van der Waals surface area (Å²) in [7, 11) is 1.81. The Labute approximate surface area is 199 Å². The Kier molecular flexibility index (Phi) is 7.47. The molecule has 3 aliphatic rings. The van der Waals surface area contributed by atoms with Crippen LogP contribution < -0.4 is 5.32 Å². The average Bonchev–Trinajstić information content (AvgIpc) is 3.16. The van der Waals surface area contributed by atoms with E-state index in [1.54, 1.807) is 6.07 Å². The molecule has 5 nitrogen and oxygen atoms in total. The van der Waals surface area contributed by atoms with Gasteiger partial charge in [-0.2, -0.15) is 13.2 Å². The van der Waals surface area contributed by atoms with Crippen LogP contribution in [-0.2, 0) is 17.5 Å². The summed E-state index contributed by atoms with van der Waals surface area (Å²) in [5.74, 6) is 1.45. The number of alkyl halides is 3. The van der Waals surface area contributed by atoms with E-state index in [2.05, 4.69) is 34.0 Å². The Morgan fingerprint density at radius 3 is 2.58 bits per heavy atom. The van der Waals surface area contributed by atoms with E-state index in [1.165, 1.54) is 12.1 Å². The second-order valence-corrected chi connectivity index (χ2v) is 9.20. The van der Waals surface area contributed by atoms with Crippen molar-refractivity contribution >= 4 is 29.9 Å². The first-order chi connectivity index (χ1) is 14.2. The number of guanidine groups is 1. The van der Waals surface area contributed by atoms with Crippen molar-refractivity contribution in [3.05, 3.63) is 35.4 Å². The fraction of sp³-hybridized carbons (Fsp3) is 0.682. The number of fused-ring (bicyclic) bond motifs is 1. The molecular formula is C22H32F3IN4O. The fourth-order valence-corrected chi connectivity index (χ4v) is 5.28. The number of rotatable bonds is 3. The van der Waals surface area contributed by atoms with Gasteiger partial charge in [0.25, 0.3) is 0 Å². The summed E-state index contributed by atoms with van der Waals surface area (Å²) in [6, 6.07) is 5.98. The summed E-state index contributed by atoms with van der Waals surface area (Å²) in [4.78, 5) is 8.96. The lowest BCUT2D eigenvalue weighted by molar-refractivity contribution is -0.137. The van der Waals surface area contributed by atoms with Crippen LogP contribution in [0.3, 0.4) is 0 Å². The number of piperazine rings is 1. The third-order valence-corrected chi connectivity index (χ3v) is 6.93. The molecule has 0 bridgehead atoms. The summed E-state index contributed by atoms with van der Waals surface area (Å²) in [6.07, 6.45) is -2.88. The van der Waals surface area contributed by atoms with Gasteiger partial charge in [-0.25, -0.2) is 0 Å². The predicted octanol–water partition coefficient (Wildman–Crippen LogP) is 3.83. The second kappa shape index (κ2) is 9.43. The molecule has 0 aromatic heterocycles. The molecule has 3 unspecified atom stereocenters. The van der Waals surface area contributed by atoms with Crippen molar-refractivity contribution in [3.63, 3.8) is 0 Å². The smallest absolute Gasteiger partial charge is 0.377 e. The van der Waals surface area contributed by atoms with Gasteiger partial charge in [-0.1, -0.05) is 32.0 Å². The third-order valence-electron chi connectivity index (χ3n) is 6.93. The van der Waals surface area contributed by atoms with Gasteiger partial charge in [0, 0.05) is 63.8 Å². The zero-order valence-electron chi connectivity index (χ0n) is 18.3. The highest BCUT2D eigenvalue weighted by molar-refractivity contribution is 14.0. The standard InChI is InChI=1S/C22H31F3N4O.HI/c1-21(2)18(17-7-12-30-19(17)21)27-20(26-3)29-10-8-28(9-11-29)14-15-5-4-6-16(13-15)22(23,24)25;/h4-6,13,17-19H,7-12,14H2,1-3H3,(H,26,27);1H. The molecule has 2 heterocycles. The largest absolute Gasteiger partial charge is 0.416 e. The molecule has 1 aromatic carbocycles. The number of ether oxygens (including phenoxy) is 1. The zero-order valence-corrected chi connectivity index (χ0v) is 20.6. The first kappa shape index (κ1) is 24.6. The van der Waals surface area contributed by atoms with Gasteiger partial charge >= 0.3 is 6.18 Å². The minimum absolute atomic E-state index is 0. The Balaban J connectivity index is 0.00000272. The molecule has 4 rings (SSSR count). The normalized spacial score (nSPS) is 28.5. The van der Waals surface area contributed by atoms with Crippen molar-refractivity contribution in [2.24, 2.45) is 16.3 Å².